The summed E-state index contributed by atoms with van der Waals surface area (Å²) in [6.07, 6.45) is 4.44. The lowest BCUT2D eigenvalue weighted by Gasteiger charge is -2.13. The Bertz CT molecular complexity index is 126. The van der Waals surface area contributed by atoms with Gasteiger partial charge in [-0.25, -0.2) is 0 Å². The van der Waals surface area contributed by atoms with E-state index in [1.54, 1.807) is 0 Å². The van der Waals surface area contributed by atoms with Crippen molar-refractivity contribution in [2.45, 2.75) is 25.3 Å². The van der Waals surface area contributed by atoms with Gasteiger partial charge in [-0.15, -0.1) is 0 Å². The van der Waals surface area contributed by atoms with Crippen molar-refractivity contribution in [2.75, 3.05) is 20.1 Å². The molecule has 0 radical (unpaired) electrons. The second kappa shape index (κ2) is 3.11. The minimum atomic E-state index is 0.854. The molecule has 2 unspecified atom stereocenters. The first kappa shape index (κ1) is 7.56. The molecule has 0 spiro atoms. The maximum absolute atomic E-state index is 3.58. The summed E-state index contributed by atoms with van der Waals surface area (Å²) in [5.74, 6) is 2.23. The van der Waals surface area contributed by atoms with Crippen LogP contribution in [-0.2, 0) is 0 Å². The molecule has 2 nitrogen and oxygen atoms in total. The van der Waals surface area contributed by atoms with Gasteiger partial charge in [0, 0.05) is 19.1 Å². The predicted molar refractivity (Wildman–Crippen MR) is 46.5 cm³/mol. The van der Waals surface area contributed by atoms with Crippen LogP contribution in [0.2, 0.25) is 0 Å². The molecule has 2 atom stereocenters. The maximum atomic E-state index is 3.58. The Hall–Kier alpha value is -0.0800. The van der Waals surface area contributed by atoms with Gasteiger partial charge in [0.15, 0.2) is 0 Å². The van der Waals surface area contributed by atoms with E-state index < -0.39 is 0 Å². The van der Waals surface area contributed by atoms with Crippen molar-refractivity contribution in [1.29, 1.82) is 0 Å². The van der Waals surface area contributed by atoms with Crippen molar-refractivity contribution >= 4 is 0 Å². The molecule has 64 valence electrons. The molecule has 2 heteroatoms. The first-order valence-corrected chi connectivity index (χ1v) is 4.78. The molecule has 2 fully saturated rings. The van der Waals surface area contributed by atoms with Gasteiger partial charge in [-0.2, -0.15) is 0 Å². The second-order valence-electron chi connectivity index (χ2n) is 3.98. The first-order valence-electron chi connectivity index (χ1n) is 4.78. The van der Waals surface area contributed by atoms with Crippen LogP contribution in [0.4, 0.5) is 0 Å². The Morgan fingerprint density at radius 2 is 1.82 bits per heavy atom. The van der Waals surface area contributed by atoms with E-state index in [-0.39, 0.29) is 0 Å². The topological polar surface area (TPSA) is 24.1 Å². The lowest BCUT2D eigenvalue weighted by molar-refractivity contribution is 0.479. The van der Waals surface area contributed by atoms with Crippen molar-refractivity contribution < 1.29 is 0 Å². The monoisotopic (exact) mass is 154 g/mol. The summed E-state index contributed by atoms with van der Waals surface area (Å²) in [6, 6.07) is 0.854. The zero-order valence-electron chi connectivity index (χ0n) is 7.27. The average molecular weight is 154 g/mol. The number of fused-ring (bicyclic) bond motifs is 1. The van der Waals surface area contributed by atoms with Crippen LogP contribution < -0.4 is 10.6 Å². The van der Waals surface area contributed by atoms with Gasteiger partial charge >= 0.3 is 0 Å². The second-order valence-corrected chi connectivity index (χ2v) is 3.98. The van der Waals surface area contributed by atoms with E-state index in [9.17, 15) is 0 Å². The molecule has 0 heterocycles. The highest BCUT2D eigenvalue weighted by Crippen LogP contribution is 2.51. The molecule has 0 amide bonds. The molecule has 2 saturated carbocycles. The van der Waals surface area contributed by atoms with Crippen LogP contribution in [0.1, 0.15) is 19.3 Å². The third kappa shape index (κ3) is 1.74. The van der Waals surface area contributed by atoms with Crippen LogP contribution >= 0.6 is 0 Å². The third-order valence-corrected chi connectivity index (χ3v) is 3.05. The van der Waals surface area contributed by atoms with Crippen LogP contribution in [0.15, 0.2) is 0 Å². The third-order valence-electron chi connectivity index (χ3n) is 3.05. The highest BCUT2D eigenvalue weighted by molar-refractivity contribution is 4.98. The zero-order chi connectivity index (χ0) is 7.68. The van der Waals surface area contributed by atoms with Gasteiger partial charge in [-0.3, -0.25) is 0 Å². The Morgan fingerprint density at radius 1 is 1.09 bits per heavy atom. The van der Waals surface area contributed by atoms with Gasteiger partial charge in [0.1, 0.15) is 0 Å². The lowest BCUT2D eigenvalue weighted by atomic mass is 10.1. The largest absolute Gasteiger partial charge is 0.318 e. The van der Waals surface area contributed by atoms with Gasteiger partial charge in [-0.1, -0.05) is 0 Å². The van der Waals surface area contributed by atoms with E-state index in [1.165, 1.54) is 19.3 Å². The summed E-state index contributed by atoms with van der Waals surface area (Å²) >= 11 is 0. The molecule has 11 heavy (non-hydrogen) atoms. The molecular formula is C9H18N2. The molecule has 2 aliphatic carbocycles. The Kier molecular flexibility index (Phi) is 2.14. The molecule has 0 aromatic heterocycles. The highest BCUT2D eigenvalue weighted by Gasteiger charge is 2.45. The van der Waals surface area contributed by atoms with Crippen molar-refractivity contribution in [1.82, 2.24) is 10.6 Å². The van der Waals surface area contributed by atoms with Gasteiger partial charge < -0.3 is 10.6 Å². The molecule has 0 bridgehead atoms. The van der Waals surface area contributed by atoms with Gasteiger partial charge in [0.05, 0.1) is 0 Å². The molecule has 2 aliphatic rings. The van der Waals surface area contributed by atoms with Crippen molar-refractivity contribution in [3.63, 3.8) is 0 Å². The fourth-order valence-corrected chi connectivity index (χ4v) is 2.28. The molecule has 0 aromatic carbocycles. The fourth-order valence-electron chi connectivity index (χ4n) is 2.28. The predicted octanol–water partition coefficient (Wildman–Crippen LogP) is 0.594. The molecule has 2 rings (SSSR count). The quantitative estimate of drug-likeness (QED) is 0.579. The van der Waals surface area contributed by atoms with Gasteiger partial charge in [0.25, 0.3) is 0 Å². The summed E-state index contributed by atoms with van der Waals surface area (Å²) in [4.78, 5) is 0. The van der Waals surface area contributed by atoms with Crippen LogP contribution in [-0.4, -0.2) is 26.2 Å². The van der Waals surface area contributed by atoms with E-state index in [0.717, 1.165) is 31.0 Å². The van der Waals surface area contributed by atoms with Crippen molar-refractivity contribution in [2.24, 2.45) is 11.8 Å². The van der Waals surface area contributed by atoms with E-state index in [2.05, 4.69) is 10.6 Å². The highest BCUT2D eigenvalue weighted by atomic mass is 15.0. The first-order chi connectivity index (χ1) is 5.40. The Balaban J connectivity index is 1.57. The molecular weight excluding hydrogens is 136 g/mol. The normalized spacial score (nSPS) is 40.6. The molecule has 0 aromatic rings. The van der Waals surface area contributed by atoms with Crippen LogP contribution in [0.5, 0.6) is 0 Å². The van der Waals surface area contributed by atoms with E-state index >= 15 is 0 Å². The minimum absolute atomic E-state index is 0.854. The Labute approximate surface area is 68.7 Å². The number of rotatable bonds is 4. The average Bonchev–Trinajstić information content (AvgIpc) is 2.61. The van der Waals surface area contributed by atoms with Gasteiger partial charge in [-0.05, 0) is 38.1 Å². The van der Waals surface area contributed by atoms with Crippen molar-refractivity contribution in [3.8, 4) is 0 Å². The minimum Gasteiger partial charge on any atom is -0.318 e. The van der Waals surface area contributed by atoms with Gasteiger partial charge in [0.2, 0.25) is 0 Å². The number of likely N-dealkylation sites (N-methyl/N-ethyl adjacent to an activating group) is 1. The lowest BCUT2D eigenvalue weighted by Crippen LogP contribution is -2.33. The summed E-state index contributed by atoms with van der Waals surface area (Å²) in [5, 5.41) is 6.73. The standard InChI is InChI=1S/C9H18N2/c1-10-2-3-11-9-5-7-4-8(7)6-9/h7-11H,2-6H2,1H3. The number of nitrogens with one attached hydrogen (secondary N) is 2. The SMILES string of the molecule is CNCCNC1CC2CC2C1. The summed E-state index contributed by atoms with van der Waals surface area (Å²) in [7, 11) is 2.01. The van der Waals surface area contributed by atoms with E-state index in [1.807, 2.05) is 7.05 Å². The number of hydrogen-bond donors (Lipinski definition) is 2. The van der Waals surface area contributed by atoms with Crippen LogP contribution in [0, 0.1) is 11.8 Å². The van der Waals surface area contributed by atoms with Crippen LogP contribution in [0.25, 0.3) is 0 Å². The molecule has 0 saturated heterocycles. The summed E-state index contributed by atoms with van der Waals surface area (Å²) in [5.41, 5.74) is 0. The van der Waals surface area contributed by atoms with Crippen LogP contribution in [0.3, 0.4) is 0 Å². The molecule has 0 aliphatic heterocycles. The van der Waals surface area contributed by atoms with E-state index in [0.29, 0.717) is 0 Å². The fraction of sp³-hybridized carbons (Fsp3) is 1.00. The maximum Gasteiger partial charge on any atom is 0.00792 e. The summed E-state index contributed by atoms with van der Waals surface area (Å²) in [6.45, 7) is 2.24. The van der Waals surface area contributed by atoms with E-state index in [4.69, 9.17) is 0 Å². The van der Waals surface area contributed by atoms with Crippen molar-refractivity contribution in [3.05, 3.63) is 0 Å². The zero-order valence-corrected chi connectivity index (χ0v) is 7.27. The molecule has 2 N–H and O–H groups in total. The smallest absolute Gasteiger partial charge is 0.00792 e. The Morgan fingerprint density at radius 3 is 2.45 bits per heavy atom. The summed E-state index contributed by atoms with van der Waals surface area (Å²) < 4.78 is 0. The number of hydrogen-bond acceptors (Lipinski definition) is 2.